The molecule has 2 rings (SSSR count). The first kappa shape index (κ1) is 12.5. The lowest BCUT2D eigenvalue weighted by atomic mass is 10.3. The van der Waals surface area contributed by atoms with Gasteiger partial charge in [-0.2, -0.15) is 0 Å². The van der Waals surface area contributed by atoms with Gasteiger partial charge in [-0.3, -0.25) is 4.57 Å². The number of nitrogen functional groups attached to an aromatic ring is 1. The summed E-state index contributed by atoms with van der Waals surface area (Å²) in [6, 6.07) is 1.52. The third-order valence-corrected chi connectivity index (χ3v) is 3.53. The zero-order valence-corrected chi connectivity index (χ0v) is 10.7. The van der Waals surface area contributed by atoms with Crippen LogP contribution in [0, 0.1) is 6.92 Å². The molecular weight excluding hydrogens is 256 g/mol. The molecule has 0 radical (unpaired) electrons. The van der Waals surface area contributed by atoms with Gasteiger partial charge in [0.15, 0.2) is 5.16 Å². The van der Waals surface area contributed by atoms with Gasteiger partial charge in [-0.15, -0.1) is 10.2 Å². The van der Waals surface area contributed by atoms with Crippen molar-refractivity contribution >= 4 is 23.7 Å². The number of hydrogen-bond donors (Lipinski definition) is 2. The van der Waals surface area contributed by atoms with E-state index < -0.39 is 5.97 Å². The van der Waals surface area contributed by atoms with E-state index in [1.54, 1.807) is 18.5 Å². The number of carboxylic acids is 1. The van der Waals surface area contributed by atoms with Crippen molar-refractivity contribution in [1.82, 2.24) is 14.8 Å². The minimum Gasteiger partial charge on any atom is -0.475 e. The quantitative estimate of drug-likeness (QED) is 0.804. The molecule has 0 aromatic carbocycles. The van der Waals surface area contributed by atoms with Gasteiger partial charge in [-0.25, -0.2) is 4.79 Å². The van der Waals surface area contributed by atoms with Crippen molar-refractivity contribution in [3.8, 4) is 0 Å². The molecule has 3 N–H and O–H groups in total. The molecule has 0 aliphatic rings. The maximum atomic E-state index is 10.8. The van der Waals surface area contributed by atoms with Gasteiger partial charge < -0.3 is 15.3 Å². The number of nitrogens with two attached hydrogens (primary N) is 1. The van der Waals surface area contributed by atoms with E-state index in [2.05, 4.69) is 10.2 Å². The van der Waals surface area contributed by atoms with Gasteiger partial charge in [0.05, 0.1) is 0 Å². The summed E-state index contributed by atoms with van der Waals surface area (Å²) < 4.78 is 6.78. The first-order valence-electron chi connectivity index (χ1n) is 5.09. The van der Waals surface area contributed by atoms with Crippen LogP contribution in [-0.4, -0.2) is 25.8 Å². The standard InChI is InChI=1S/C10H12N4O3S/c1-5-6(3-7(17-5)8(15)16)4-18-10-13-12-9(11)14(10)2/h3H,4H2,1-2H3,(H2,11,12)(H,15,16). The Balaban J connectivity index is 2.11. The highest BCUT2D eigenvalue weighted by Crippen LogP contribution is 2.25. The summed E-state index contributed by atoms with van der Waals surface area (Å²) in [6.45, 7) is 1.73. The zero-order valence-electron chi connectivity index (χ0n) is 9.88. The average molecular weight is 268 g/mol. The van der Waals surface area contributed by atoms with Crippen LogP contribution in [0.5, 0.6) is 0 Å². The summed E-state index contributed by atoms with van der Waals surface area (Å²) in [6.07, 6.45) is 0. The minimum atomic E-state index is -1.07. The van der Waals surface area contributed by atoms with Crippen LogP contribution < -0.4 is 5.73 Å². The van der Waals surface area contributed by atoms with E-state index >= 15 is 0 Å². The number of anilines is 1. The summed E-state index contributed by atoms with van der Waals surface area (Å²) in [4.78, 5) is 10.8. The Morgan fingerprint density at radius 1 is 1.61 bits per heavy atom. The van der Waals surface area contributed by atoms with Crippen molar-refractivity contribution in [2.45, 2.75) is 17.8 Å². The van der Waals surface area contributed by atoms with Crippen molar-refractivity contribution in [2.75, 3.05) is 5.73 Å². The Morgan fingerprint density at radius 2 is 2.33 bits per heavy atom. The molecule has 0 unspecified atom stereocenters. The minimum absolute atomic E-state index is 0.0550. The maximum absolute atomic E-state index is 10.8. The summed E-state index contributed by atoms with van der Waals surface area (Å²) in [7, 11) is 1.77. The molecule has 0 aliphatic heterocycles. The topological polar surface area (TPSA) is 107 Å². The van der Waals surface area contributed by atoms with Crippen LogP contribution >= 0.6 is 11.8 Å². The number of rotatable bonds is 4. The third kappa shape index (κ3) is 2.33. The van der Waals surface area contributed by atoms with Gasteiger partial charge in [0, 0.05) is 18.4 Å². The number of carbonyl (C=O) groups is 1. The predicted molar refractivity (Wildman–Crippen MR) is 65.4 cm³/mol. The van der Waals surface area contributed by atoms with Crippen LogP contribution in [0.4, 0.5) is 5.95 Å². The lowest BCUT2D eigenvalue weighted by molar-refractivity contribution is 0.0661. The second-order valence-corrected chi connectivity index (χ2v) is 4.63. The largest absolute Gasteiger partial charge is 0.475 e. The fraction of sp³-hybridized carbons (Fsp3) is 0.300. The van der Waals surface area contributed by atoms with Gasteiger partial charge in [-0.1, -0.05) is 11.8 Å². The van der Waals surface area contributed by atoms with Crippen LogP contribution in [0.1, 0.15) is 21.9 Å². The molecule has 18 heavy (non-hydrogen) atoms. The third-order valence-electron chi connectivity index (χ3n) is 2.46. The van der Waals surface area contributed by atoms with Crippen LogP contribution in [0.2, 0.25) is 0 Å². The van der Waals surface area contributed by atoms with E-state index in [0.29, 0.717) is 22.6 Å². The van der Waals surface area contributed by atoms with Crippen LogP contribution in [-0.2, 0) is 12.8 Å². The summed E-state index contributed by atoms with van der Waals surface area (Å²) in [5.41, 5.74) is 6.38. The SMILES string of the molecule is Cc1oc(C(=O)O)cc1CSc1nnc(N)n1C. The molecule has 2 aromatic rings. The highest BCUT2D eigenvalue weighted by molar-refractivity contribution is 7.98. The van der Waals surface area contributed by atoms with E-state index in [9.17, 15) is 4.79 Å². The van der Waals surface area contributed by atoms with Gasteiger partial charge in [0.1, 0.15) is 5.76 Å². The first-order valence-corrected chi connectivity index (χ1v) is 6.08. The predicted octanol–water partition coefficient (Wildman–Crippen LogP) is 1.29. The van der Waals surface area contributed by atoms with Crippen molar-refractivity contribution in [1.29, 1.82) is 0 Å². The van der Waals surface area contributed by atoms with E-state index in [4.69, 9.17) is 15.3 Å². The maximum Gasteiger partial charge on any atom is 0.371 e. The molecule has 0 bridgehead atoms. The van der Waals surface area contributed by atoms with Gasteiger partial charge >= 0.3 is 5.97 Å². The molecule has 0 aliphatic carbocycles. The van der Waals surface area contributed by atoms with Crippen molar-refractivity contribution in [2.24, 2.45) is 7.05 Å². The van der Waals surface area contributed by atoms with E-state index in [-0.39, 0.29) is 5.76 Å². The normalized spacial score (nSPS) is 10.8. The highest BCUT2D eigenvalue weighted by Gasteiger charge is 2.14. The number of thioether (sulfide) groups is 1. The Bertz CT molecular complexity index is 590. The lowest BCUT2D eigenvalue weighted by Crippen LogP contribution is -1.98. The Labute approximate surface area is 107 Å². The second-order valence-electron chi connectivity index (χ2n) is 3.69. The molecule has 2 aromatic heterocycles. The number of aromatic carboxylic acids is 1. The van der Waals surface area contributed by atoms with E-state index in [1.807, 2.05) is 0 Å². The molecular formula is C10H12N4O3S. The van der Waals surface area contributed by atoms with Crippen LogP contribution in [0.3, 0.4) is 0 Å². The Hall–Kier alpha value is -1.96. The molecule has 0 fully saturated rings. The molecule has 0 amide bonds. The molecule has 0 saturated carbocycles. The van der Waals surface area contributed by atoms with Crippen LogP contribution in [0.15, 0.2) is 15.6 Å². The molecule has 0 saturated heterocycles. The first-order chi connectivity index (χ1) is 8.49. The second kappa shape index (κ2) is 4.73. The zero-order chi connectivity index (χ0) is 13.3. The number of aromatic nitrogens is 3. The van der Waals surface area contributed by atoms with Crippen molar-refractivity contribution in [3.63, 3.8) is 0 Å². The average Bonchev–Trinajstić information content (AvgIpc) is 2.83. The molecule has 96 valence electrons. The summed E-state index contributed by atoms with van der Waals surface area (Å²) >= 11 is 1.42. The fourth-order valence-electron chi connectivity index (χ4n) is 1.36. The van der Waals surface area contributed by atoms with Gasteiger partial charge in [0.2, 0.25) is 11.7 Å². The molecule has 0 atom stereocenters. The fourth-order valence-corrected chi connectivity index (χ4v) is 2.32. The molecule has 7 nitrogen and oxygen atoms in total. The smallest absolute Gasteiger partial charge is 0.371 e. The van der Waals surface area contributed by atoms with Crippen LogP contribution in [0.25, 0.3) is 0 Å². The number of furan rings is 1. The number of hydrogen-bond acceptors (Lipinski definition) is 6. The summed E-state index contributed by atoms with van der Waals surface area (Å²) in [5.74, 6) is 0.356. The number of aryl methyl sites for hydroxylation is 1. The number of carboxylic acid groups (broad SMARTS) is 1. The molecule has 0 spiro atoms. The number of nitrogens with zero attached hydrogens (tertiary/aromatic N) is 3. The van der Waals surface area contributed by atoms with Gasteiger partial charge in [0.25, 0.3) is 0 Å². The Morgan fingerprint density at radius 3 is 2.83 bits per heavy atom. The summed E-state index contributed by atoms with van der Waals surface area (Å²) in [5, 5.41) is 17.1. The van der Waals surface area contributed by atoms with E-state index in [1.165, 1.54) is 17.8 Å². The monoisotopic (exact) mass is 268 g/mol. The highest BCUT2D eigenvalue weighted by atomic mass is 32.2. The van der Waals surface area contributed by atoms with Crippen molar-refractivity contribution in [3.05, 3.63) is 23.2 Å². The lowest BCUT2D eigenvalue weighted by Gasteiger charge is -2.00. The van der Waals surface area contributed by atoms with Gasteiger partial charge in [-0.05, 0) is 13.0 Å². The molecule has 2 heterocycles. The Kier molecular flexibility index (Phi) is 3.28. The van der Waals surface area contributed by atoms with E-state index in [0.717, 1.165) is 5.56 Å². The van der Waals surface area contributed by atoms with Crippen molar-refractivity contribution < 1.29 is 14.3 Å². The molecule has 8 heteroatoms.